The molecule has 156 valence electrons. The molecule has 0 bridgehead atoms. The van der Waals surface area contributed by atoms with Crippen LogP contribution in [0.25, 0.3) is 0 Å². The molecule has 0 spiro atoms. The summed E-state index contributed by atoms with van der Waals surface area (Å²) < 4.78 is 32.1. The zero-order valence-electron chi connectivity index (χ0n) is 16.4. The van der Waals surface area contributed by atoms with Crippen LogP contribution in [-0.4, -0.2) is 33.5 Å². The molecule has 0 unspecified atom stereocenters. The number of nitrogens with one attached hydrogen (secondary N) is 1. The fourth-order valence-electron chi connectivity index (χ4n) is 2.71. The minimum absolute atomic E-state index is 0.101. The molecule has 0 radical (unpaired) electrons. The van der Waals surface area contributed by atoms with E-state index in [9.17, 15) is 13.2 Å². The SMILES string of the molecule is COc1ccc(S(=O)(=O)N(C)c2ccc(Cl)c(C(=O)NCc3ccncc3)c2)cc1. The molecule has 30 heavy (non-hydrogen) atoms. The summed E-state index contributed by atoms with van der Waals surface area (Å²) in [6.45, 7) is 0.294. The number of rotatable bonds is 7. The number of benzene rings is 2. The van der Waals surface area contributed by atoms with E-state index in [0.717, 1.165) is 9.87 Å². The molecule has 1 aromatic heterocycles. The molecule has 2 aromatic carbocycles. The third-order valence-electron chi connectivity index (χ3n) is 4.48. The maximum absolute atomic E-state index is 13.0. The van der Waals surface area contributed by atoms with Crippen LogP contribution >= 0.6 is 11.6 Å². The van der Waals surface area contributed by atoms with Gasteiger partial charge in [-0.2, -0.15) is 0 Å². The topological polar surface area (TPSA) is 88.6 Å². The van der Waals surface area contributed by atoms with Crippen molar-refractivity contribution in [3.05, 3.63) is 83.1 Å². The second kappa shape index (κ2) is 9.15. The van der Waals surface area contributed by atoms with Crippen molar-refractivity contribution < 1.29 is 17.9 Å². The van der Waals surface area contributed by atoms with E-state index in [4.69, 9.17) is 16.3 Å². The Bertz CT molecular complexity index is 1140. The smallest absolute Gasteiger partial charge is 0.264 e. The van der Waals surface area contributed by atoms with Crippen molar-refractivity contribution in [2.45, 2.75) is 11.4 Å². The van der Waals surface area contributed by atoms with Crippen molar-refractivity contribution in [3.8, 4) is 5.75 Å². The first-order chi connectivity index (χ1) is 14.3. The molecule has 0 atom stereocenters. The Balaban J connectivity index is 1.83. The summed E-state index contributed by atoms with van der Waals surface area (Å²) in [5.74, 6) is 0.144. The van der Waals surface area contributed by atoms with Gasteiger partial charge in [-0.05, 0) is 60.2 Å². The molecule has 1 N–H and O–H groups in total. The van der Waals surface area contributed by atoms with Gasteiger partial charge in [0.1, 0.15) is 5.75 Å². The van der Waals surface area contributed by atoms with Crippen LogP contribution < -0.4 is 14.4 Å². The number of methoxy groups -OCH3 is 1. The monoisotopic (exact) mass is 445 g/mol. The second-order valence-corrected chi connectivity index (χ2v) is 8.73. The van der Waals surface area contributed by atoms with Gasteiger partial charge in [0.05, 0.1) is 28.3 Å². The highest BCUT2D eigenvalue weighted by Crippen LogP contribution is 2.27. The molecule has 3 rings (SSSR count). The molecule has 1 heterocycles. The van der Waals surface area contributed by atoms with E-state index in [1.54, 1.807) is 42.7 Å². The van der Waals surface area contributed by atoms with Gasteiger partial charge >= 0.3 is 0 Å². The fourth-order valence-corrected chi connectivity index (χ4v) is 4.10. The largest absolute Gasteiger partial charge is 0.497 e. The molecule has 7 nitrogen and oxygen atoms in total. The van der Waals surface area contributed by atoms with Gasteiger partial charge in [-0.25, -0.2) is 8.42 Å². The third-order valence-corrected chi connectivity index (χ3v) is 6.61. The first-order valence-electron chi connectivity index (χ1n) is 8.92. The molecule has 1 amide bonds. The predicted octanol–water partition coefficient (Wildman–Crippen LogP) is 3.50. The minimum atomic E-state index is -3.83. The Morgan fingerprint density at radius 1 is 1.10 bits per heavy atom. The van der Waals surface area contributed by atoms with Crippen LogP contribution in [0.2, 0.25) is 5.02 Å². The van der Waals surface area contributed by atoms with Crippen LogP contribution in [-0.2, 0) is 16.6 Å². The number of hydrogen-bond acceptors (Lipinski definition) is 5. The number of amides is 1. The number of halogens is 1. The maximum Gasteiger partial charge on any atom is 0.264 e. The van der Waals surface area contributed by atoms with Crippen molar-refractivity contribution >= 4 is 33.2 Å². The highest BCUT2D eigenvalue weighted by Gasteiger charge is 2.23. The van der Waals surface area contributed by atoms with E-state index in [0.29, 0.717) is 18.0 Å². The van der Waals surface area contributed by atoms with E-state index in [1.807, 2.05) is 0 Å². The van der Waals surface area contributed by atoms with Gasteiger partial charge in [-0.15, -0.1) is 0 Å². The van der Waals surface area contributed by atoms with Crippen LogP contribution in [0.15, 0.2) is 71.9 Å². The van der Waals surface area contributed by atoms with Crippen molar-refractivity contribution in [3.63, 3.8) is 0 Å². The molecule has 0 aliphatic rings. The van der Waals surface area contributed by atoms with Crippen LogP contribution in [0.3, 0.4) is 0 Å². The highest BCUT2D eigenvalue weighted by molar-refractivity contribution is 7.92. The number of carbonyl (C=O) groups is 1. The summed E-state index contributed by atoms with van der Waals surface area (Å²) in [4.78, 5) is 16.6. The fraction of sp³-hybridized carbons (Fsp3) is 0.143. The van der Waals surface area contributed by atoms with Gasteiger partial charge in [0.2, 0.25) is 0 Å². The number of anilines is 1. The number of carbonyl (C=O) groups excluding carboxylic acids is 1. The highest BCUT2D eigenvalue weighted by atomic mass is 35.5. The molecule has 3 aromatic rings. The van der Waals surface area contributed by atoms with E-state index in [-0.39, 0.29) is 15.5 Å². The lowest BCUT2D eigenvalue weighted by atomic mass is 10.1. The number of ether oxygens (including phenoxy) is 1. The second-order valence-electron chi connectivity index (χ2n) is 6.35. The van der Waals surface area contributed by atoms with Crippen LogP contribution in [0.1, 0.15) is 15.9 Å². The lowest BCUT2D eigenvalue weighted by molar-refractivity contribution is 0.0951. The zero-order chi connectivity index (χ0) is 21.7. The summed E-state index contributed by atoms with van der Waals surface area (Å²) in [5, 5.41) is 3.00. The quantitative estimate of drug-likeness (QED) is 0.601. The summed E-state index contributed by atoms with van der Waals surface area (Å²) in [6, 6.07) is 14.1. The van der Waals surface area contributed by atoms with Gasteiger partial charge < -0.3 is 10.1 Å². The number of hydrogen-bond donors (Lipinski definition) is 1. The summed E-state index contributed by atoms with van der Waals surface area (Å²) in [5.41, 5.74) is 1.37. The Labute approximate surface area is 180 Å². The summed E-state index contributed by atoms with van der Waals surface area (Å²) >= 11 is 6.19. The average molecular weight is 446 g/mol. The van der Waals surface area contributed by atoms with Gasteiger partial charge in [-0.1, -0.05) is 11.6 Å². The Kier molecular flexibility index (Phi) is 6.59. The minimum Gasteiger partial charge on any atom is -0.497 e. The number of pyridine rings is 1. The van der Waals surface area contributed by atoms with Crippen LogP contribution in [0.5, 0.6) is 5.75 Å². The van der Waals surface area contributed by atoms with E-state index >= 15 is 0 Å². The summed E-state index contributed by atoms with van der Waals surface area (Å²) in [7, 11) is -0.909. The lowest BCUT2D eigenvalue weighted by Crippen LogP contribution is -2.27. The van der Waals surface area contributed by atoms with Gasteiger partial charge in [0.25, 0.3) is 15.9 Å². The third kappa shape index (κ3) is 4.72. The van der Waals surface area contributed by atoms with Crippen molar-refractivity contribution in [1.29, 1.82) is 0 Å². The van der Waals surface area contributed by atoms with E-state index in [1.165, 1.54) is 38.4 Å². The molecule has 0 aliphatic carbocycles. The normalized spacial score (nSPS) is 11.0. The summed E-state index contributed by atoms with van der Waals surface area (Å²) in [6.07, 6.45) is 3.27. The van der Waals surface area contributed by atoms with Gasteiger partial charge in [0, 0.05) is 26.0 Å². The van der Waals surface area contributed by atoms with Crippen molar-refractivity contribution in [2.75, 3.05) is 18.5 Å². The molecule has 0 aliphatic heterocycles. The van der Waals surface area contributed by atoms with Crippen molar-refractivity contribution in [2.24, 2.45) is 0 Å². The molecule has 9 heteroatoms. The van der Waals surface area contributed by atoms with E-state index < -0.39 is 15.9 Å². The number of nitrogens with zero attached hydrogens (tertiary/aromatic N) is 2. The standard InChI is InChI=1S/C21H20ClN3O4S/c1-25(30(27,28)18-6-4-17(29-2)5-7-18)16-3-8-20(22)19(13-16)21(26)24-14-15-9-11-23-12-10-15/h3-13H,14H2,1-2H3,(H,24,26). The average Bonchev–Trinajstić information content (AvgIpc) is 2.78. The first-order valence-corrected chi connectivity index (χ1v) is 10.7. The van der Waals surface area contributed by atoms with Gasteiger partial charge in [0.15, 0.2) is 0 Å². The van der Waals surface area contributed by atoms with Gasteiger partial charge in [-0.3, -0.25) is 14.1 Å². The Morgan fingerprint density at radius 2 is 1.77 bits per heavy atom. The van der Waals surface area contributed by atoms with E-state index in [2.05, 4.69) is 10.3 Å². The predicted molar refractivity (Wildman–Crippen MR) is 115 cm³/mol. The van der Waals surface area contributed by atoms with Crippen LogP contribution in [0, 0.1) is 0 Å². The molecular formula is C21H20ClN3O4S. The Hall–Kier alpha value is -3.10. The zero-order valence-corrected chi connectivity index (χ0v) is 17.9. The van der Waals surface area contributed by atoms with Crippen molar-refractivity contribution in [1.82, 2.24) is 10.3 Å². The molecular weight excluding hydrogens is 426 g/mol. The number of aromatic nitrogens is 1. The molecule has 0 saturated carbocycles. The maximum atomic E-state index is 13.0. The van der Waals surface area contributed by atoms with Crippen LogP contribution in [0.4, 0.5) is 5.69 Å². The molecule has 0 fully saturated rings. The lowest BCUT2D eigenvalue weighted by Gasteiger charge is -2.20. The molecule has 0 saturated heterocycles. The first kappa shape index (κ1) is 21.6. The number of sulfonamides is 1. The Morgan fingerprint density at radius 3 is 2.40 bits per heavy atom.